The molecule has 8 nitrogen and oxygen atoms in total. The molecule has 1 N–H and O–H groups in total. The van der Waals surface area contributed by atoms with Crippen molar-refractivity contribution in [2.75, 3.05) is 25.5 Å². The van der Waals surface area contributed by atoms with Crippen LogP contribution in [0, 0.1) is 5.92 Å². The number of ether oxygens (including phenoxy) is 3. The predicted octanol–water partition coefficient (Wildman–Crippen LogP) is 4.00. The molecular weight excluding hydrogens is 418 g/mol. The molecule has 0 aliphatic heterocycles. The fourth-order valence-corrected chi connectivity index (χ4v) is 3.95. The van der Waals surface area contributed by atoms with Gasteiger partial charge in [-0.05, 0) is 36.2 Å². The van der Waals surface area contributed by atoms with Gasteiger partial charge in [0.15, 0.2) is 0 Å². The molecule has 164 valence electrons. The van der Waals surface area contributed by atoms with E-state index < -0.39 is 10.0 Å². The monoisotopic (exact) mass is 443 g/mol. The first kappa shape index (κ1) is 22.4. The molecule has 1 heterocycles. The summed E-state index contributed by atoms with van der Waals surface area (Å²) in [5.74, 6) is 1.51. The maximum atomic E-state index is 12.9. The summed E-state index contributed by atoms with van der Waals surface area (Å²) in [6, 6.07) is 14.9. The summed E-state index contributed by atoms with van der Waals surface area (Å²) in [6.45, 7) is 4.66. The van der Waals surface area contributed by atoms with Crippen molar-refractivity contribution in [1.29, 1.82) is 0 Å². The molecule has 0 bridgehead atoms. The van der Waals surface area contributed by atoms with Crippen molar-refractivity contribution in [1.82, 2.24) is 10.2 Å². The maximum absolute atomic E-state index is 12.9. The highest BCUT2D eigenvalue weighted by atomic mass is 32.2. The summed E-state index contributed by atoms with van der Waals surface area (Å²) in [5, 5.41) is 8.26. The Morgan fingerprint density at radius 1 is 0.968 bits per heavy atom. The predicted molar refractivity (Wildman–Crippen MR) is 118 cm³/mol. The molecule has 0 fully saturated rings. The standard InChI is InChI=1S/C22H25N3O5S/c1-15(2)14-30-22-11-9-19(23-24-22)16-6-5-7-17(12-16)25-31(26,27)21-10-8-18(28-3)13-20(21)29-4/h5-13,15,25H,14H2,1-4H3. The van der Waals surface area contributed by atoms with Crippen LogP contribution >= 0.6 is 0 Å². The van der Waals surface area contributed by atoms with Gasteiger partial charge in [-0.2, -0.15) is 0 Å². The molecule has 2 aromatic carbocycles. The van der Waals surface area contributed by atoms with E-state index in [2.05, 4.69) is 28.8 Å². The van der Waals surface area contributed by atoms with Gasteiger partial charge in [0.25, 0.3) is 10.0 Å². The molecule has 0 unspecified atom stereocenters. The topological polar surface area (TPSA) is 99.6 Å². The fourth-order valence-electron chi connectivity index (χ4n) is 2.75. The van der Waals surface area contributed by atoms with Crippen LogP contribution in [0.1, 0.15) is 13.8 Å². The number of sulfonamides is 1. The number of anilines is 1. The number of rotatable bonds is 9. The molecule has 0 aliphatic rings. The van der Waals surface area contributed by atoms with Crippen molar-refractivity contribution in [2.24, 2.45) is 5.92 Å². The molecule has 3 aromatic rings. The third-order valence-electron chi connectivity index (χ3n) is 4.28. The van der Waals surface area contributed by atoms with E-state index in [0.717, 1.165) is 0 Å². The Bertz CT molecular complexity index is 1130. The van der Waals surface area contributed by atoms with Crippen LogP contribution in [0.25, 0.3) is 11.3 Å². The third kappa shape index (κ3) is 5.64. The maximum Gasteiger partial charge on any atom is 0.265 e. The lowest BCUT2D eigenvalue weighted by Gasteiger charge is -2.13. The Labute approximate surface area is 182 Å². The average molecular weight is 444 g/mol. The van der Waals surface area contributed by atoms with Gasteiger partial charge in [0, 0.05) is 23.4 Å². The number of hydrogen-bond acceptors (Lipinski definition) is 7. The van der Waals surface area contributed by atoms with Crippen LogP contribution in [-0.2, 0) is 10.0 Å². The smallest absolute Gasteiger partial charge is 0.265 e. The second kappa shape index (κ2) is 9.65. The van der Waals surface area contributed by atoms with E-state index in [0.29, 0.717) is 41.1 Å². The Kier molecular flexibility index (Phi) is 6.96. The van der Waals surface area contributed by atoms with Gasteiger partial charge >= 0.3 is 0 Å². The van der Waals surface area contributed by atoms with Crippen LogP contribution in [0.4, 0.5) is 5.69 Å². The van der Waals surface area contributed by atoms with Gasteiger partial charge in [-0.3, -0.25) is 4.72 Å². The largest absolute Gasteiger partial charge is 0.497 e. The quantitative estimate of drug-likeness (QED) is 0.534. The Morgan fingerprint density at radius 2 is 1.77 bits per heavy atom. The van der Waals surface area contributed by atoms with Crippen LogP contribution in [-0.4, -0.2) is 39.4 Å². The summed E-state index contributed by atoms with van der Waals surface area (Å²) >= 11 is 0. The zero-order valence-electron chi connectivity index (χ0n) is 17.8. The summed E-state index contributed by atoms with van der Waals surface area (Å²) in [6.07, 6.45) is 0. The first-order chi connectivity index (χ1) is 14.8. The summed E-state index contributed by atoms with van der Waals surface area (Å²) < 4.78 is 44.3. The van der Waals surface area contributed by atoms with E-state index in [1.165, 1.54) is 26.4 Å². The highest BCUT2D eigenvalue weighted by Gasteiger charge is 2.20. The lowest BCUT2D eigenvalue weighted by Crippen LogP contribution is -2.14. The molecule has 31 heavy (non-hydrogen) atoms. The van der Waals surface area contributed by atoms with Crippen molar-refractivity contribution >= 4 is 15.7 Å². The summed E-state index contributed by atoms with van der Waals surface area (Å²) in [7, 11) is -0.986. The van der Waals surface area contributed by atoms with Gasteiger partial charge < -0.3 is 14.2 Å². The van der Waals surface area contributed by atoms with Crippen LogP contribution < -0.4 is 18.9 Å². The molecule has 0 aliphatic carbocycles. The Hall–Kier alpha value is -3.33. The van der Waals surface area contributed by atoms with Crippen LogP contribution in [0.5, 0.6) is 17.4 Å². The summed E-state index contributed by atoms with van der Waals surface area (Å²) in [5.41, 5.74) is 1.70. The first-order valence-electron chi connectivity index (χ1n) is 9.64. The molecule has 0 saturated carbocycles. The van der Waals surface area contributed by atoms with Crippen molar-refractivity contribution in [3.8, 4) is 28.6 Å². The Balaban J connectivity index is 1.82. The second-order valence-corrected chi connectivity index (χ2v) is 8.82. The normalized spacial score (nSPS) is 11.3. The van der Waals surface area contributed by atoms with E-state index in [9.17, 15) is 8.42 Å². The minimum Gasteiger partial charge on any atom is -0.497 e. The van der Waals surface area contributed by atoms with Crippen LogP contribution in [0.3, 0.4) is 0 Å². The lowest BCUT2D eigenvalue weighted by molar-refractivity contribution is 0.258. The Morgan fingerprint density at radius 3 is 2.42 bits per heavy atom. The van der Waals surface area contributed by atoms with E-state index >= 15 is 0 Å². The van der Waals surface area contributed by atoms with Crippen molar-refractivity contribution in [2.45, 2.75) is 18.7 Å². The van der Waals surface area contributed by atoms with Gasteiger partial charge in [0.1, 0.15) is 16.4 Å². The first-order valence-corrected chi connectivity index (χ1v) is 11.1. The number of benzene rings is 2. The van der Waals surface area contributed by atoms with Crippen LogP contribution in [0.2, 0.25) is 0 Å². The minimum atomic E-state index is -3.89. The SMILES string of the molecule is COc1ccc(S(=O)(=O)Nc2cccc(-c3ccc(OCC(C)C)nn3)c2)c(OC)c1. The highest BCUT2D eigenvalue weighted by Crippen LogP contribution is 2.30. The van der Waals surface area contributed by atoms with Gasteiger partial charge in [-0.25, -0.2) is 8.42 Å². The van der Waals surface area contributed by atoms with Crippen LogP contribution in [0.15, 0.2) is 59.5 Å². The minimum absolute atomic E-state index is 0.00708. The second-order valence-electron chi connectivity index (χ2n) is 7.16. The highest BCUT2D eigenvalue weighted by molar-refractivity contribution is 7.92. The van der Waals surface area contributed by atoms with Crippen molar-refractivity contribution < 1.29 is 22.6 Å². The number of methoxy groups -OCH3 is 2. The molecule has 9 heteroatoms. The summed E-state index contributed by atoms with van der Waals surface area (Å²) in [4.78, 5) is 0.00708. The average Bonchev–Trinajstić information content (AvgIpc) is 2.77. The molecule has 0 atom stereocenters. The number of aromatic nitrogens is 2. The number of nitrogens with one attached hydrogen (secondary N) is 1. The molecule has 3 rings (SSSR count). The van der Waals surface area contributed by atoms with E-state index in [-0.39, 0.29) is 10.6 Å². The van der Waals surface area contributed by atoms with Crippen molar-refractivity contribution in [3.05, 3.63) is 54.6 Å². The van der Waals surface area contributed by atoms with Gasteiger partial charge in [-0.15, -0.1) is 10.2 Å². The lowest BCUT2D eigenvalue weighted by atomic mass is 10.1. The van der Waals surface area contributed by atoms with Gasteiger partial charge in [0.05, 0.1) is 26.5 Å². The molecule has 0 spiro atoms. The van der Waals surface area contributed by atoms with E-state index in [1.54, 1.807) is 36.4 Å². The van der Waals surface area contributed by atoms with Gasteiger partial charge in [-0.1, -0.05) is 26.0 Å². The molecular formula is C22H25N3O5S. The van der Waals surface area contributed by atoms with Gasteiger partial charge in [0.2, 0.25) is 5.88 Å². The molecule has 0 radical (unpaired) electrons. The fraction of sp³-hybridized carbons (Fsp3) is 0.273. The zero-order chi connectivity index (χ0) is 22.4. The third-order valence-corrected chi connectivity index (χ3v) is 5.70. The molecule has 0 amide bonds. The molecule has 0 saturated heterocycles. The number of hydrogen-bond donors (Lipinski definition) is 1. The zero-order valence-corrected chi connectivity index (χ0v) is 18.6. The van der Waals surface area contributed by atoms with E-state index in [1.807, 2.05) is 6.07 Å². The number of nitrogens with zero attached hydrogens (tertiary/aromatic N) is 2. The van der Waals surface area contributed by atoms with Crippen molar-refractivity contribution in [3.63, 3.8) is 0 Å². The van der Waals surface area contributed by atoms with E-state index in [4.69, 9.17) is 14.2 Å². The molecule has 1 aromatic heterocycles.